The lowest BCUT2D eigenvalue weighted by molar-refractivity contribution is 0.262. The number of aromatic nitrogens is 6. The van der Waals surface area contributed by atoms with Crippen molar-refractivity contribution in [3.05, 3.63) is 18.6 Å². The molecule has 2 saturated heterocycles. The monoisotopic (exact) mass is 459 g/mol. The smallest absolute Gasteiger partial charge is 0.243 e. The number of H-pyrrole nitrogens is 1. The molecule has 2 N–H and O–H groups in total. The molecule has 0 bridgehead atoms. The highest BCUT2D eigenvalue weighted by Gasteiger charge is 2.31. The lowest BCUT2D eigenvalue weighted by atomic mass is 9.95. The predicted molar refractivity (Wildman–Crippen MR) is 122 cm³/mol. The van der Waals surface area contributed by atoms with Gasteiger partial charge in [-0.25, -0.2) is 17.7 Å². The minimum absolute atomic E-state index is 0.102. The lowest BCUT2D eigenvalue weighted by Gasteiger charge is -2.35. The topological polar surface area (TPSA) is 124 Å². The molecule has 5 rings (SSSR count). The van der Waals surface area contributed by atoms with E-state index in [9.17, 15) is 8.42 Å². The van der Waals surface area contributed by atoms with Crippen molar-refractivity contribution in [3.63, 3.8) is 0 Å². The summed E-state index contributed by atoms with van der Waals surface area (Å²) >= 11 is 0. The highest BCUT2D eigenvalue weighted by molar-refractivity contribution is 7.88. The van der Waals surface area contributed by atoms with E-state index < -0.39 is 10.0 Å². The molecule has 2 aliphatic heterocycles. The fourth-order valence-corrected chi connectivity index (χ4v) is 5.61. The van der Waals surface area contributed by atoms with Crippen molar-refractivity contribution >= 4 is 27.4 Å². The van der Waals surface area contributed by atoms with Gasteiger partial charge in [-0.1, -0.05) is 6.92 Å². The molecule has 0 aliphatic carbocycles. The third-order valence-corrected chi connectivity index (χ3v) is 7.70. The maximum absolute atomic E-state index is 11.9. The van der Waals surface area contributed by atoms with E-state index in [0.717, 1.165) is 43.0 Å². The van der Waals surface area contributed by atoms with Crippen LogP contribution in [0.4, 0.5) is 11.8 Å². The molecule has 172 valence electrons. The molecule has 0 spiro atoms. The number of nitrogens with zero attached hydrogens (tertiary/aromatic N) is 7. The van der Waals surface area contributed by atoms with E-state index in [4.69, 9.17) is 10.1 Å². The fraction of sp³-hybridized carbons (Fsp3) is 0.600. The maximum Gasteiger partial charge on any atom is 0.243 e. The highest BCUT2D eigenvalue weighted by atomic mass is 32.2. The van der Waals surface area contributed by atoms with Crippen LogP contribution in [0, 0.1) is 5.92 Å². The minimum Gasteiger partial charge on any atom is -0.355 e. The van der Waals surface area contributed by atoms with E-state index in [1.807, 2.05) is 10.7 Å². The number of sulfonamides is 1. The molecule has 5 heterocycles. The first-order valence-corrected chi connectivity index (χ1v) is 13.0. The molecule has 0 saturated carbocycles. The van der Waals surface area contributed by atoms with E-state index in [0.29, 0.717) is 31.1 Å². The Morgan fingerprint density at radius 1 is 1.16 bits per heavy atom. The summed E-state index contributed by atoms with van der Waals surface area (Å²) in [6, 6.07) is 0.102. The Hall–Kier alpha value is -2.73. The summed E-state index contributed by atoms with van der Waals surface area (Å²) in [6.45, 7) is 4.96. The van der Waals surface area contributed by atoms with Crippen LogP contribution < -0.4 is 10.2 Å². The summed E-state index contributed by atoms with van der Waals surface area (Å²) in [5, 5.41) is 15.2. The number of hydrogen-bond donors (Lipinski definition) is 2. The molecule has 0 amide bonds. The van der Waals surface area contributed by atoms with Gasteiger partial charge in [0.1, 0.15) is 5.69 Å². The van der Waals surface area contributed by atoms with Crippen molar-refractivity contribution in [2.45, 2.75) is 38.6 Å². The van der Waals surface area contributed by atoms with Crippen molar-refractivity contribution in [1.29, 1.82) is 0 Å². The van der Waals surface area contributed by atoms with E-state index in [2.05, 4.69) is 32.3 Å². The lowest BCUT2D eigenvalue weighted by Crippen LogP contribution is -2.47. The van der Waals surface area contributed by atoms with Gasteiger partial charge in [0.25, 0.3) is 0 Å². The molecule has 12 heteroatoms. The zero-order valence-corrected chi connectivity index (χ0v) is 19.2. The SMILES string of the molecule is C[C@@H]1CN(S(C)(=O)=O)CC[C@@H]1Nc1nc2cnc(-c3cn[nH]c3)c(N3CCCCC3)n2n1. The number of fused-ring (bicyclic) bond motifs is 1. The van der Waals surface area contributed by atoms with Crippen molar-refractivity contribution in [2.75, 3.05) is 42.7 Å². The zero-order chi connectivity index (χ0) is 22.3. The summed E-state index contributed by atoms with van der Waals surface area (Å²) < 4.78 is 27.2. The predicted octanol–water partition coefficient (Wildman–Crippen LogP) is 1.59. The first-order valence-electron chi connectivity index (χ1n) is 11.1. The number of rotatable bonds is 5. The van der Waals surface area contributed by atoms with Crippen LogP contribution in [0.3, 0.4) is 0 Å². The molecular formula is C20H29N9O2S. The molecule has 2 fully saturated rings. The van der Waals surface area contributed by atoms with Gasteiger partial charge in [0.05, 0.1) is 18.6 Å². The Morgan fingerprint density at radius 2 is 1.97 bits per heavy atom. The van der Waals surface area contributed by atoms with Crippen LogP contribution in [-0.2, 0) is 10.0 Å². The fourth-order valence-electron chi connectivity index (χ4n) is 4.67. The molecule has 11 nitrogen and oxygen atoms in total. The van der Waals surface area contributed by atoms with E-state index in [1.165, 1.54) is 12.7 Å². The number of nitrogens with one attached hydrogen (secondary N) is 2. The maximum atomic E-state index is 11.9. The number of anilines is 2. The second-order valence-electron chi connectivity index (χ2n) is 8.81. The summed E-state index contributed by atoms with van der Waals surface area (Å²) in [6.07, 6.45) is 10.8. The molecule has 0 radical (unpaired) electrons. The Bertz CT molecular complexity index is 1190. The van der Waals surface area contributed by atoms with Crippen molar-refractivity contribution < 1.29 is 8.42 Å². The van der Waals surface area contributed by atoms with Crippen LogP contribution in [0.1, 0.15) is 32.6 Å². The molecule has 2 atom stereocenters. The van der Waals surface area contributed by atoms with Gasteiger partial charge < -0.3 is 10.2 Å². The number of piperidine rings is 2. The van der Waals surface area contributed by atoms with Gasteiger partial charge in [0, 0.05) is 44.0 Å². The second-order valence-corrected chi connectivity index (χ2v) is 10.8. The highest BCUT2D eigenvalue weighted by Crippen LogP contribution is 2.31. The summed E-state index contributed by atoms with van der Waals surface area (Å²) in [4.78, 5) is 11.7. The van der Waals surface area contributed by atoms with Crippen molar-refractivity contribution in [2.24, 2.45) is 5.92 Å². The second kappa shape index (κ2) is 8.32. The average Bonchev–Trinajstić information content (AvgIpc) is 3.44. The first-order chi connectivity index (χ1) is 15.4. The molecule has 3 aromatic heterocycles. The summed E-state index contributed by atoms with van der Waals surface area (Å²) in [7, 11) is -3.17. The number of aromatic amines is 1. The molecular weight excluding hydrogens is 430 g/mol. The number of hydrogen-bond acceptors (Lipinski definition) is 8. The van der Waals surface area contributed by atoms with Crippen LogP contribution in [0.5, 0.6) is 0 Å². The standard InChI is InChI=1S/C20H29N9O2S/c1-14-13-28(32(2,30)31)9-6-16(14)24-20-25-17-12-21-18(15-10-22-23-11-15)19(29(17)26-20)27-7-4-3-5-8-27/h10-12,14,16H,3-9,13H2,1-2H3,(H,22,23)(H,24,26)/t14-,16+/m1/s1. The van der Waals surface area contributed by atoms with Gasteiger partial charge in [0.15, 0.2) is 11.5 Å². The summed E-state index contributed by atoms with van der Waals surface area (Å²) in [5.41, 5.74) is 2.43. The van der Waals surface area contributed by atoms with E-state index in [-0.39, 0.29) is 12.0 Å². The van der Waals surface area contributed by atoms with Gasteiger partial charge >= 0.3 is 0 Å². The van der Waals surface area contributed by atoms with Gasteiger partial charge in [-0.3, -0.25) is 5.10 Å². The molecule has 0 unspecified atom stereocenters. The largest absolute Gasteiger partial charge is 0.355 e. The molecule has 3 aromatic rings. The molecule has 32 heavy (non-hydrogen) atoms. The Balaban J connectivity index is 1.46. The Morgan fingerprint density at radius 3 is 2.66 bits per heavy atom. The first kappa shape index (κ1) is 21.1. The van der Waals surface area contributed by atoms with Gasteiger partial charge in [0.2, 0.25) is 16.0 Å². The van der Waals surface area contributed by atoms with Crippen LogP contribution in [0.25, 0.3) is 16.9 Å². The van der Waals surface area contributed by atoms with Gasteiger partial charge in [-0.15, -0.1) is 5.10 Å². The van der Waals surface area contributed by atoms with Crippen molar-refractivity contribution in [3.8, 4) is 11.3 Å². The van der Waals surface area contributed by atoms with Crippen LogP contribution >= 0.6 is 0 Å². The third-order valence-electron chi connectivity index (χ3n) is 6.43. The summed E-state index contributed by atoms with van der Waals surface area (Å²) in [5.74, 6) is 1.62. The zero-order valence-electron chi connectivity index (χ0n) is 18.4. The van der Waals surface area contributed by atoms with Crippen LogP contribution in [0.15, 0.2) is 18.6 Å². The van der Waals surface area contributed by atoms with Crippen LogP contribution in [-0.4, -0.2) is 81.0 Å². The van der Waals surface area contributed by atoms with Gasteiger partial charge in [-0.05, 0) is 31.6 Å². The quantitative estimate of drug-likeness (QED) is 0.589. The minimum atomic E-state index is -3.17. The van der Waals surface area contributed by atoms with Crippen LogP contribution in [0.2, 0.25) is 0 Å². The third kappa shape index (κ3) is 4.04. The van der Waals surface area contributed by atoms with Crippen molar-refractivity contribution in [1.82, 2.24) is 34.1 Å². The van der Waals surface area contributed by atoms with E-state index >= 15 is 0 Å². The molecule has 2 aliphatic rings. The normalized spacial score (nSPS) is 23.0. The Kier molecular flexibility index (Phi) is 5.49. The van der Waals surface area contributed by atoms with Gasteiger partial charge in [-0.2, -0.15) is 14.6 Å². The molecule has 0 aromatic carbocycles. The average molecular weight is 460 g/mol. The Labute approximate surface area is 187 Å². The van der Waals surface area contributed by atoms with E-state index in [1.54, 1.807) is 16.7 Å².